The van der Waals surface area contributed by atoms with Crippen LogP contribution in [0.1, 0.15) is 67.1 Å². The molecule has 2 saturated heterocycles. The van der Waals surface area contributed by atoms with Gasteiger partial charge in [0.1, 0.15) is 5.76 Å². The minimum atomic E-state index is -3.29. The van der Waals surface area contributed by atoms with Crippen LogP contribution in [0.4, 0.5) is 0 Å². The normalized spacial score (nSPS) is 26.5. The van der Waals surface area contributed by atoms with Crippen molar-refractivity contribution in [1.82, 2.24) is 25.0 Å². The van der Waals surface area contributed by atoms with E-state index in [0.29, 0.717) is 30.9 Å². The van der Waals surface area contributed by atoms with Gasteiger partial charge in [0.25, 0.3) is 5.91 Å². The van der Waals surface area contributed by atoms with Gasteiger partial charge in [-0.15, -0.1) is 0 Å². The number of sulfonamides is 1. The van der Waals surface area contributed by atoms with E-state index in [4.69, 9.17) is 4.52 Å². The number of rotatable bonds is 11. The first kappa shape index (κ1) is 22.7. The lowest BCUT2D eigenvalue weighted by molar-refractivity contribution is 0.0900. The van der Waals surface area contributed by atoms with E-state index in [1.54, 1.807) is 10.4 Å². The van der Waals surface area contributed by atoms with Gasteiger partial charge in [-0.25, -0.2) is 8.42 Å². The van der Waals surface area contributed by atoms with Crippen LogP contribution >= 0.6 is 0 Å². The molecule has 0 aromatic carbocycles. The van der Waals surface area contributed by atoms with Gasteiger partial charge in [-0.05, 0) is 65.6 Å². The van der Waals surface area contributed by atoms with Gasteiger partial charge in [0.15, 0.2) is 5.69 Å². The molecule has 2 bridgehead atoms. The third-order valence-electron chi connectivity index (χ3n) is 6.75. The maximum Gasteiger partial charge on any atom is 0.273 e. The molecule has 3 heterocycles. The number of fused-ring (bicyclic) bond motifs is 2. The highest BCUT2D eigenvalue weighted by Gasteiger charge is 2.46. The van der Waals surface area contributed by atoms with E-state index in [1.807, 2.05) is 14.1 Å². The standard InChI is InChI=1S/C21H35N5O4S/c1-22-8-10-25(2)9-3-11-31(28,29)26-17-6-7-18(26)13-16(12-17)23-21(27)19-14-20(30-24-19)15-4-5-15/h14-18,22H,3-13H2,1-2H3,(H,23,27)/t16-,17+,18-. The average Bonchev–Trinajstić information content (AvgIpc) is 3.38. The first-order valence-electron chi connectivity index (χ1n) is 11.5. The summed E-state index contributed by atoms with van der Waals surface area (Å²) >= 11 is 0. The Hall–Kier alpha value is -1.49. The number of carbonyl (C=O) groups is 1. The monoisotopic (exact) mass is 453 g/mol. The highest BCUT2D eigenvalue weighted by molar-refractivity contribution is 7.89. The van der Waals surface area contributed by atoms with Crippen molar-refractivity contribution < 1.29 is 17.7 Å². The minimum absolute atomic E-state index is 0.0181. The quantitative estimate of drug-likeness (QED) is 0.517. The maximum absolute atomic E-state index is 13.1. The number of aromatic nitrogens is 1. The van der Waals surface area contributed by atoms with E-state index in [9.17, 15) is 13.2 Å². The Balaban J connectivity index is 1.28. The molecule has 3 atom stereocenters. The predicted octanol–water partition coefficient (Wildman–Crippen LogP) is 1.15. The van der Waals surface area contributed by atoms with Gasteiger partial charge in [0, 0.05) is 43.2 Å². The summed E-state index contributed by atoms with van der Waals surface area (Å²) in [6.45, 7) is 2.56. The Morgan fingerprint density at radius 2 is 1.94 bits per heavy atom. The lowest BCUT2D eigenvalue weighted by Crippen LogP contribution is -2.53. The fourth-order valence-corrected chi connectivity index (χ4v) is 6.95. The van der Waals surface area contributed by atoms with E-state index < -0.39 is 10.0 Å². The van der Waals surface area contributed by atoms with E-state index in [1.165, 1.54) is 0 Å². The smallest absolute Gasteiger partial charge is 0.273 e. The number of nitrogens with zero attached hydrogens (tertiary/aromatic N) is 3. The third-order valence-corrected chi connectivity index (χ3v) is 8.79. The lowest BCUT2D eigenvalue weighted by Gasteiger charge is -2.38. The Kier molecular flexibility index (Phi) is 7.00. The summed E-state index contributed by atoms with van der Waals surface area (Å²) in [5.41, 5.74) is 0.326. The molecule has 1 aromatic rings. The second-order valence-electron chi connectivity index (χ2n) is 9.32. The molecular formula is C21H35N5O4S. The van der Waals surface area contributed by atoms with Crippen LogP contribution in [-0.4, -0.2) is 86.3 Å². The minimum Gasteiger partial charge on any atom is -0.360 e. The largest absolute Gasteiger partial charge is 0.360 e. The summed E-state index contributed by atoms with van der Waals surface area (Å²) in [4.78, 5) is 14.7. The maximum atomic E-state index is 13.1. The van der Waals surface area contributed by atoms with Crippen LogP contribution in [0.5, 0.6) is 0 Å². The zero-order valence-corrected chi connectivity index (χ0v) is 19.4. The average molecular weight is 454 g/mol. The summed E-state index contributed by atoms with van der Waals surface area (Å²) in [6.07, 6.45) is 5.89. The van der Waals surface area contributed by atoms with Gasteiger partial charge in [0.05, 0.1) is 5.75 Å². The van der Waals surface area contributed by atoms with Crippen molar-refractivity contribution in [3.05, 3.63) is 17.5 Å². The van der Waals surface area contributed by atoms with Crippen molar-refractivity contribution in [3.63, 3.8) is 0 Å². The van der Waals surface area contributed by atoms with E-state index >= 15 is 0 Å². The molecule has 2 aliphatic heterocycles. The Bertz CT molecular complexity index is 855. The summed E-state index contributed by atoms with van der Waals surface area (Å²) in [5.74, 6) is 1.18. The van der Waals surface area contributed by atoms with Gasteiger partial charge in [-0.3, -0.25) is 4.79 Å². The number of piperidine rings is 1. The van der Waals surface area contributed by atoms with Crippen LogP contribution in [0, 0.1) is 0 Å². The van der Waals surface area contributed by atoms with E-state index in [0.717, 1.165) is 51.1 Å². The van der Waals surface area contributed by atoms with Crippen molar-refractivity contribution in [2.24, 2.45) is 0 Å². The highest BCUT2D eigenvalue weighted by atomic mass is 32.2. The van der Waals surface area contributed by atoms with E-state index in [-0.39, 0.29) is 29.8 Å². The molecule has 0 radical (unpaired) electrons. The molecule has 0 unspecified atom stereocenters. The Morgan fingerprint density at radius 1 is 1.23 bits per heavy atom. The molecular weight excluding hydrogens is 418 g/mol. The topological polar surface area (TPSA) is 108 Å². The zero-order chi connectivity index (χ0) is 22.0. The fourth-order valence-electron chi connectivity index (χ4n) is 4.96. The van der Waals surface area contributed by atoms with Crippen molar-refractivity contribution in [3.8, 4) is 0 Å². The Morgan fingerprint density at radius 3 is 2.58 bits per heavy atom. The number of likely N-dealkylation sites (N-methyl/N-ethyl adjacent to an activating group) is 2. The van der Waals surface area contributed by atoms with Gasteiger partial charge in [0.2, 0.25) is 10.0 Å². The number of carbonyl (C=O) groups excluding carboxylic acids is 1. The van der Waals surface area contributed by atoms with Crippen molar-refractivity contribution in [2.45, 2.75) is 69.0 Å². The first-order valence-corrected chi connectivity index (χ1v) is 13.1. The molecule has 0 spiro atoms. The van der Waals surface area contributed by atoms with Crippen LogP contribution in [0.15, 0.2) is 10.6 Å². The first-order chi connectivity index (χ1) is 14.9. The predicted molar refractivity (Wildman–Crippen MR) is 117 cm³/mol. The molecule has 10 heteroatoms. The van der Waals surface area contributed by atoms with Crippen LogP contribution in [-0.2, 0) is 10.0 Å². The van der Waals surface area contributed by atoms with Crippen LogP contribution in [0.2, 0.25) is 0 Å². The molecule has 1 aromatic heterocycles. The van der Waals surface area contributed by atoms with Crippen LogP contribution in [0.25, 0.3) is 0 Å². The highest BCUT2D eigenvalue weighted by Crippen LogP contribution is 2.40. The number of hydrogen-bond acceptors (Lipinski definition) is 7. The molecule has 3 aliphatic rings. The summed E-state index contributed by atoms with van der Waals surface area (Å²) in [6, 6.07) is 1.69. The molecule has 174 valence electrons. The molecule has 1 saturated carbocycles. The molecule has 2 N–H and O–H groups in total. The molecule has 4 rings (SSSR count). The van der Waals surface area contributed by atoms with Crippen molar-refractivity contribution in [2.75, 3.05) is 39.5 Å². The number of hydrogen-bond donors (Lipinski definition) is 2. The summed E-state index contributed by atoms with van der Waals surface area (Å²) < 4.78 is 33.1. The van der Waals surface area contributed by atoms with Gasteiger partial charge in [-0.2, -0.15) is 4.31 Å². The number of amides is 1. The van der Waals surface area contributed by atoms with Gasteiger partial charge < -0.3 is 20.1 Å². The number of nitrogens with one attached hydrogen (secondary N) is 2. The third kappa shape index (κ3) is 5.47. The lowest BCUT2D eigenvalue weighted by atomic mass is 9.99. The molecule has 31 heavy (non-hydrogen) atoms. The van der Waals surface area contributed by atoms with Gasteiger partial charge >= 0.3 is 0 Å². The zero-order valence-electron chi connectivity index (χ0n) is 18.5. The summed E-state index contributed by atoms with van der Waals surface area (Å²) in [7, 11) is 0.644. The molecule has 1 aliphatic carbocycles. The second-order valence-corrected chi connectivity index (χ2v) is 11.3. The molecule has 3 fully saturated rings. The SMILES string of the molecule is CNCCN(C)CCCS(=O)(=O)N1[C@@H]2CC[C@H]1C[C@@H](NC(=O)c1cc(C3CC3)on1)C2. The van der Waals surface area contributed by atoms with E-state index in [2.05, 4.69) is 20.7 Å². The Labute approximate surface area is 184 Å². The van der Waals surface area contributed by atoms with Crippen molar-refractivity contribution >= 4 is 15.9 Å². The van der Waals surface area contributed by atoms with Crippen LogP contribution in [0.3, 0.4) is 0 Å². The van der Waals surface area contributed by atoms with Gasteiger partial charge in [-0.1, -0.05) is 5.16 Å². The summed E-state index contributed by atoms with van der Waals surface area (Å²) in [5, 5.41) is 10.1. The molecule has 1 amide bonds. The fraction of sp³-hybridized carbons (Fsp3) is 0.810. The van der Waals surface area contributed by atoms with Crippen LogP contribution < -0.4 is 10.6 Å². The van der Waals surface area contributed by atoms with Crippen molar-refractivity contribution in [1.29, 1.82) is 0 Å². The molecule has 9 nitrogen and oxygen atoms in total. The second kappa shape index (κ2) is 9.56.